The molecule has 1 heterocycles. The molecule has 0 bridgehead atoms. The van der Waals surface area contributed by atoms with Crippen LogP contribution < -0.4 is 5.84 Å². The van der Waals surface area contributed by atoms with Gasteiger partial charge in [-0.25, -0.2) is 0 Å². The lowest BCUT2D eigenvalue weighted by molar-refractivity contribution is -0.384. The highest BCUT2D eigenvalue weighted by atomic mass is 16.6. The number of aromatic nitrogens is 2. The summed E-state index contributed by atoms with van der Waals surface area (Å²) in [6, 6.07) is 13.9. The van der Waals surface area contributed by atoms with E-state index in [2.05, 4.69) is 5.10 Å². The van der Waals surface area contributed by atoms with Gasteiger partial charge < -0.3 is 5.84 Å². The third-order valence-electron chi connectivity index (χ3n) is 2.94. The number of hydrogen-bond acceptors (Lipinski definition) is 4. The van der Waals surface area contributed by atoms with Gasteiger partial charge in [0.15, 0.2) is 0 Å². The molecule has 0 spiro atoms. The van der Waals surface area contributed by atoms with Crippen LogP contribution in [0, 0.1) is 10.1 Å². The quantitative estimate of drug-likeness (QED) is 0.432. The van der Waals surface area contributed by atoms with Crippen molar-refractivity contribution in [2.24, 2.45) is 0 Å². The number of nitrogens with two attached hydrogens (primary N) is 1. The smallest absolute Gasteiger partial charge is 0.270 e. The van der Waals surface area contributed by atoms with Crippen molar-refractivity contribution in [3.05, 3.63) is 58.6 Å². The molecule has 2 aromatic carbocycles. The Morgan fingerprint density at radius 2 is 1.89 bits per heavy atom. The number of nitrogen functional groups attached to an aromatic ring is 1. The normalized spacial score (nSPS) is 10.7. The van der Waals surface area contributed by atoms with E-state index >= 15 is 0 Å². The first-order valence-electron chi connectivity index (χ1n) is 5.64. The van der Waals surface area contributed by atoms with E-state index in [4.69, 9.17) is 5.84 Å². The monoisotopic (exact) mass is 254 g/mol. The van der Waals surface area contributed by atoms with Crippen LogP contribution in [-0.2, 0) is 0 Å². The second kappa shape index (κ2) is 4.09. The predicted octanol–water partition coefficient (Wildman–Crippen LogP) is 2.33. The molecule has 6 heteroatoms. The van der Waals surface area contributed by atoms with Gasteiger partial charge in [0.25, 0.3) is 5.69 Å². The molecule has 0 aliphatic heterocycles. The fourth-order valence-corrected chi connectivity index (χ4v) is 2.09. The molecule has 0 saturated heterocycles. The lowest BCUT2D eigenvalue weighted by atomic mass is 10.1. The molecule has 3 rings (SSSR count). The number of nitrogens with zero attached hydrogens (tertiary/aromatic N) is 3. The van der Waals surface area contributed by atoms with Crippen LogP contribution in [0.5, 0.6) is 0 Å². The molecule has 6 nitrogen and oxygen atoms in total. The third-order valence-corrected chi connectivity index (χ3v) is 2.94. The summed E-state index contributed by atoms with van der Waals surface area (Å²) in [6.07, 6.45) is 0. The summed E-state index contributed by atoms with van der Waals surface area (Å²) >= 11 is 0. The number of benzene rings is 2. The average molecular weight is 254 g/mol. The zero-order chi connectivity index (χ0) is 13.4. The minimum atomic E-state index is -0.429. The average Bonchev–Trinajstić information content (AvgIpc) is 2.74. The largest absolute Gasteiger partial charge is 0.323 e. The highest BCUT2D eigenvalue weighted by Gasteiger charge is 2.15. The molecule has 0 fully saturated rings. The summed E-state index contributed by atoms with van der Waals surface area (Å²) in [5, 5.41) is 15.7. The van der Waals surface area contributed by atoms with E-state index in [0.29, 0.717) is 16.6 Å². The first kappa shape index (κ1) is 11.2. The van der Waals surface area contributed by atoms with Crippen molar-refractivity contribution in [1.82, 2.24) is 9.89 Å². The van der Waals surface area contributed by atoms with Crippen molar-refractivity contribution in [1.29, 1.82) is 0 Å². The fraction of sp³-hybridized carbons (Fsp3) is 0. The molecule has 0 radical (unpaired) electrons. The van der Waals surface area contributed by atoms with Gasteiger partial charge in [-0.2, -0.15) is 9.89 Å². The summed E-state index contributed by atoms with van der Waals surface area (Å²) in [6.45, 7) is 0. The molecule has 0 aliphatic carbocycles. The Balaban J connectivity index is 2.31. The van der Waals surface area contributed by atoms with Crippen LogP contribution in [-0.4, -0.2) is 14.8 Å². The maximum Gasteiger partial charge on any atom is 0.270 e. The summed E-state index contributed by atoms with van der Waals surface area (Å²) in [5.41, 5.74) is 2.19. The van der Waals surface area contributed by atoms with E-state index in [0.717, 1.165) is 5.56 Å². The van der Waals surface area contributed by atoms with E-state index < -0.39 is 4.92 Å². The highest BCUT2D eigenvalue weighted by Crippen LogP contribution is 2.29. The molecule has 0 saturated carbocycles. The molecule has 0 amide bonds. The first-order chi connectivity index (χ1) is 9.16. The predicted molar refractivity (Wildman–Crippen MR) is 72.0 cm³/mol. The van der Waals surface area contributed by atoms with Crippen LogP contribution >= 0.6 is 0 Å². The molecule has 0 aliphatic rings. The number of non-ortho nitro benzene ring substituents is 1. The van der Waals surface area contributed by atoms with Gasteiger partial charge in [-0.05, 0) is 6.07 Å². The van der Waals surface area contributed by atoms with Crippen molar-refractivity contribution in [2.75, 3.05) is 5.84 Å². The molecule has 0 atom stereocenters. The zero-order valence-electron chi connectivity index (χ0n) is 9.85. The summed E-state index contributed by atoms with van der Waals surface area (Å²) in [5.74, 6) is 5.85. The Hall–Kier alpha value is -2.89. The topological polar surface area (TPSA) is 87.0 Å². The van der Waals surface area contributed by atoms with E-state index in [-0.39, 0.29) is 5.69 Å². The second-order valence-electron chi connectivity index (χ2n) is 4.12. The van der Waals surface area contributed by atoms with Gasteiger partial charge in [-0.15, -0.1) is 0 Å². The number of nitro benzene ring substituents is 1. The molecule has 3 aromatic rings. The Kier molecular flexibility index (Phi) is 2.42. The molecule has 0 unspecified atom stereocenters. The number of rotatable bonds is 2. The van der Waals surface area contributed by atoms with E-state index in [1.54, 1.807) is 6.07 Å². The molecule has 19 heavy (non-hydrogen) atoms. The summed E-state index contributed by atoms with van der Waals surface area (Å²) < 4.78 is 0. The fourth-order valence-electron chi connectivity index (χ4n) is 2.09. The lowest BCUT2D eigenvalue weighted by Crippen LogP contribution is -2.11. The van der Waals surface area contributed by atoms with Crippen LogP contribution in [0.15, 0.2) is 48.5 Å². The molecule has 1 aromatic heterocycles. The second-order valence-corrected chi connectivity index (χ2v) is 4.12. The van der Waals surface area contributed by atoms with Crippen molar-refractivity contribution in [3.8, 4) is 11.3 Å². The highest BCUT2D eigenvalue weighted by molar-refractivity contribution is 5.94. The van der Waals surface area contributed by atoms with Crippen LogP contribution in [0.2, 0.25) is 0 Å². The third kappa shape index (κ3) is 1.79. The number of hydrogen-bond donors (Lipinski definition) is 1. The Labute approximate surface area is 108 Å². The van der Waals surface area contributed by atoms with Crippen molar-refractivity contribution < 1.29 is 4.92 Å². The van der Waals surface area contributed by atoms with Crippen LogP contribution in [0.3, 0.4) is 0 Å². The van der Waals surface area contributed by atoms with Gasteiger partial charge >= 0.3 is 0 Å². The van der Waals surface area contributed by atoms with Gasteiger partial charge in [0.2, 0.25) is 0 Å². The molecule has 2 N–H and O–H groups in total. The van der Waals surface area contributed by atoms with Crippen LogP contribution in [0.4, 0.5) is 5.69 Å². The molecular weight excluding hydrogens is 244 g/mol. The Morgan fingerprint density at radius 1 is 1.16 bits per heavy atom. The number of fused-ring (bicyclic) bond motifs is 1. The molecule has 94 valence electrons. The van der Waals surface area contributed by atoms with Gasteiger partial charge in [0.1, 0.15) is 0 Å². The van der Waals surface area contributed by atoms with Gasteiger partial charge in [0, 0.05) is 23.1 Å². The van der Waals surface area contributed by atoms with Crippen molar-refractivity contribution in [3.63, 3.8) is 0 Å². The molecular formula is C13H10N4O2. The maximum absolute atomic E-state index is 10.8. The summed E-state index contributed by atoms with van der Waals surface area (Å²) in [4.78, 5) is 11.7. The minimum Gasteiger partial charge on any atom is -0.323 e. The van der Waals surface area contributed by atoms with Crippen molar-refractivity contribution in [2.45, 2.75) is 0 Å². The van der Waals surface area contributed by atoms with E-state index in [1.807, 2.05) is 30.3 Å². The SMILES string of the molecule is Nn1nc2ccc([N+](=O)[O-])cc2c1-c1ccccc1. The first-order valence-corrected chi connectivity index (χ1v) is 5.64. The Bertz CT molecular complexity index is 765. The number of nitro groups is 1. The lowest BCUT2D eigenvalue weighted by Gasteiger charge is -2.01. The zero-order valence-corrected chi connectivity index (χ0v) is 9.85. The van der Waals surface area contributed by atoms with Gasteiger partial charge in [-0.1, -0.05) is 30.3 Å². The summed E-state index contributed by atoms with van der Waals surface area (Å²) in [7, 11) is 0. The van der Waals surface area contributed by atoms with E-state index in [9.17, 15) is 10.1 Å². The standard InChI is InChI=1S/C13H10N4O2/c14-16-13(9-4-2-1-3-5-9)11-8-10(17(18)19)6-7-12(11)15-16/h1-8H,14H2. The minimum absolute atomic E-state index is 0.0256. The Morgan fingerprint density at radius 3 is 2.58 bits per heavy atom. The van der Waals surface area contributed by atoms with Crippen molar-refractivity contribution >= 4 is 16.6 Å². The van der Waals surface area contributed by atoms with E-state index in [1.165, 1.54) is 16.9 Å². The van der Waals surface area contributed by atoms with Crippen LogP contribution in [0.1, 0.15) is 0 Å². The van der Waals surface area contributed by atoms with Crippen LogP contribution in [0.25, 0.3) is 22.2 Å². The van der Waals surface area contributed by atoms with Gasteiger partial charge in [-0.3, -0.25) is 10.1 Å². The van der Waals surface area contributed by atoms with Gasteiger partial charge in [0.05, 0.1) is 16.1 Å². The maximum atomic E-state index is 10.8.